The number of carbonyl (C=O) groups is 3. The van der Waals surface area contributed by atoms with Crippen LogP contribution in [0.4, 0.5) is 5.69 Å². The number of ketones is 1. The summed E-state index contributed by atoms with van der Waals surface area (Å²) < 4.78 is 11.2. The predicted octanol–water partition coefficient (Wildman–Crippen LogP) is 4.30. The van der Waals surface area contributed by atoms with Crippen molar-refractivity contribution in [2.24, 2.45) is 0 Å². The van der Waals surface area contributed by atoms with Crippen LogP contribution in [-0.2, 0) is 14.3 Å². The van der Waals surface area contributed by atoms with Crippen LogP contribution in [0.1, 0.15) is 35.7 Å². The Labute approximate surface area is 172 Å². The molecule has 2 aromatic rings. The minimum absolute atomic E-state index is 0.0141. The Morgan fingerprint density at radius 2 is 1.75 bits per heavy atom. The molecule has 7 heteroatoms. The van der Waals surface area contributed by atoms with E-state index in [0.29, 0.717) is 23.6 Å². The van der Waals surface area contributed by atoms with E-state index in [-0.39, 0.29) is 18.6 Å². The van der Waals surface area contributed by atoms with Crippen molar-refractivity contribution in [3.8, 4) is 5.75 Å². The smallest absolute Gasteiger partial charge is 0.306 e. The summed E-state index contributed by atoms with van der Waals surface area (Å²) in [5.41, 5.74) is 2.03. The molecule has 0 bridgehead atoms. The number of benzene rings is 2. The van der Waals surface area contributed by atoms with E-state index in [9.17, 15) is 14.4 Å². The van der Waals surface area contributed by atoms with Gasteiger partial charge in [0.15, 0.2) is 12.4 Å². The molecule has 148 valence electrons. The average molecular weight is 448 g/mol. The van der Waals surface area contributed by atoms with Crippen molar-refractivity contribution < 1.29 is 23.9 Å². The first-order valence-corrected chi connectivity index (χ1v) is 9.66. The van der Waals surface area contributed by atoms with Crippen molar-refractivity contribution in [3.63, 3.8) is 0 Å². The van der Waals surface area contributed by atoms with Gasteiger partial charge in [-0.3, -0.25) is 14.4 Å². The fourth-order valence-corrected chi connectivity index (χ4v) is 2.91. The van der Waals surface area contributed by atoms with Crippen LogP contribution in [0.3, 0.4) is 0 Å². The molecule has 2 rings (SSSR count). The van der Waals surface area contributed by atoms with E-state index < -0.39 is 18.5 Å². The minimum Gasteiger partial charge on any atom is -0.494 e. The highest BCUT2D eigenvalue weighted by atomic mass is 79.9. The largest absolute Gasteiger partial charge is 0.494 e. The molecular weight excluding hydrogens is 426 g/mol. The number of ether oxygens (including phenoxy) is 2. The van der Waals surface area contributed by atoms with Gasteiger partial charge in [0.25, 0.3) is 5.91 Å². The first-order valence-electron chi connectivity index (χ1n) is 8.86. The molecule has 2 aromatic carbocycles. The molecule has 1 amide bonds. The van der Waals surface area contributed by atoms with Crippen LogP contribution in [0.15, 0.2) is 46.9 Å². The molecule has 0 saturated heterocycles. The molecule has 0 aromatic heterocycles. The lowest BCUT2D eigenvalue weighted by molar-refractivity contribution is -0.147. The third-order valence-corrected chi connectivity index (χ3v) is 4.36. The Balaban J connectivity index is 1.74. The zero-order valence-corrected chi connectivity index (χ0v) is 17.4. The number of Topliss-reactive ketones (excluding diaryl/α,β-unsaturated/α-hetero) is 1. The number of halogens is 1. The third kappa shape index (κ3) is 6.81. The van der Waals surface area contributed by atoms with Gasteiger partial charge in [0, 0.05) is 22.1 Å². The molecule has 0 saturated carbocycles. The number of hydrogen-bond acceptors (Lipinski definition) is 5. The standard InChI is InChI=1S/C21H22BrNO5/c1-3-27-17-7-4-15(5-8-17)19(24)10-11-21(26)28-13-20(25)23-18-9-6-16(22)12-14(18)2/h4-9,12H,3,10-11,13H2,1-2H3,(H,23,25). The fraction of sp³-hybridized carbons (Fsp3) is 0.286. The Bertz CT molecular complexity index is 848. The molecule has 0 fully saturated rings. The lowest BCUT2D eigenvalue weighted by atomic mass is 10.1. The molecule has 0 heterocycles. The molecule has 0 spiro atoms. The van der Waals surface area contributed by atoms with E-state index >= 15 is 0 Å². The highest BCUT2D eigenvalue weighted by Crippen LogP contribution is 2.20. The molecule has 0 aliphatic carbocycles. The number of esters is 1. The maximum absolute atomic E-state index is 12.1. The van der Waals surface area contributed by atoms with Crippen molar-refractivity contribution in [2.45, 2.75) is 26.7 Å². The Kier molecular flexibility index (Phi) is 8.19. The summed E-state index contributed by atoms with van der Waals surface area (Å²) >= 11 is 3.35. The summed E-state index contributed by atoms with van der Waals surface area (Å²) in [4.78, 5) is 35.9. The average Bonchev–Trinajstić information content (AvgIpc) is 2.67. The van der Waals surface area contributed by atoms with E-state index in [4.69, 9.17) is 9.47 Å². The number of nitrogens with one attached hydrogen (secondary N) is 1. The maximum Gasteiger partial charge on any atom is 0.306 e. The van der Waals surface area contributed by atoms with Gasteiger partial charge in [-0.2, -0.15) is 0 Å². The molecule has 0 radical (unpaired) electrons. The van der Waals surface area contributed by atoms with Gasteiger partial charge < -0.3 is 14.8 Å². The van der Waals surface area contributed by atoms with Gasteiger partial charge >= 0.3 is 5.97 Å². The van der Waals surface area contributed by atoms with Gasteiger partial charge in [0.2, 0.25) is 0 Å². The van der Waals surface area contributed by atoms with Gasteiger partial charge in [0.05, 0.1) is 13.0 Å². The van der Waals surface area contributed by atoms with E-state index in [1.807, 2.05) is 19.9 Å². The Morgan fingerprint density at radius 1 is 1.04 bits per heavy atom. The first-order chi connectivity index (χ1) is 13.4. The molecule has 1 N–H and O–H groups in total. The second kappa shape index (κ2) is 10.6. The van der Waals surface area contributed by atoms with Gasteiger partial charge in [-0.15, -0.1) is 0 Å². The van der Waals surface area contributed by atoms with Crippen LogP contribution in [0, 0.1) is 6.92 Å². The SMILES string of the molecule is CCOc1ccc(C(=O)CCC(=O)OCC(=O)Nc2ccc(Br)cc2C)cc1. The Hall–Kier alpha value is -2.67. The van der Waals surface area contributed by atoms with E-state index in [1.54, 1.807) is 36.4 Å². The van der Waals surface area contributed by atoms with E-state index in [0.717, 1.165) is 10.0 Å². The normalized spacial score (nSPS) is 10.2. The number of anilines is 1. The second-order valence-electron chi connectivity index (χ2n) is 6.05. The van der Waals surface area contributed by atoms with Crippen molar-refractivity contribution in [1.82, 2.24) is 0 Å². The molecular formula is C21H22BrNO5. The van der Waals surface area contributed by atoms with Crippen molar-refractivity contribution in [2.75, 3.05) is 18.5 Å². The summed E-state index contributed by atoms with van der Waals surface area (Å²) in [7, 11) is 0. The summed E-state index contributed by atoms with van der Waals surface area (Å²) in [6.07, 6.45) is -0.0725. The number of rotatable bonds is 9. The molecule has 0 atom stereocenters. The molecule has 0 unspecified atom stereocenters. The zero-order valence-electron chi connectivity index (χ0n) is 15.8. The maximum atomic E-state index is 12.1. The Morgan fingerprint density at radius 3 is 2.39 bits per heavy atom. The quantitative estimate of drug-likeness (QED) is 0.457. The van der Waals surface area contributed by atoms with Crippen LogP contribution in [0.5, 0.6) is 5.75 Å². The lowest BCUT2D eigenvalue weighted by Crippen LogP contribution is -2.21. The molecule has 6 nitrogen and oxygen atoms in total. The third-order valence-electron chi connectivity index (χ3n) is 3.87. The topological polar surface area (TPSA) is 81.7 Å². The molecule has 28 heavy (non-hydrogen) atoms. The van der Waals surface area contributed by atoms with E-state index in [1.165, 1.54) is 0 Å². The monoisotopic (exact) mass is 447 g/mol. The lowest BCUT2D eigenvalue weighted by Gasteiger charge is -2.09. The van der Waals surface area contributed by atoms with Gasteiger partial charge in [-0.05, 0) is 61.9 Å². The number of amides is 1. The number of hydrogen-bond donors (Lipinski definition) is 1. The zero-order chi connectivity index (χ0) is 20.5. The van der Waals surface area contributed by atoms with Gasteiger partial charge in [-0.1, -0.05) is 15.9 Å². The van der Waals surface area contributed by atoms with Crippen molar-refractivity contribution in [3.05, 3.63) is 58.1 Å². The van der Waals surface area contributed by atoms with Crippen LogP contribution in [0.25, 0.3) is 0 Å². The summed E-state index contributed by atoms with van der Waals surface area (Å²) in [6, 6.07) is 12.2. The number of carbonyl (C=O) groups excluding carboxylic acids is 3. The first kappa shape index (κ1) is 21.6. The molecule has 0 aliphatic rings. The highest BCUT2D eigenvalue weighted by Gasteiger charge is 2.13. The van der Waals surface area contributed by atoms with E-state index in [2.05, 4.69) is 21.2 Å². The number of aryl methyl sites for hydroxylation is 1. The van der Waals surface area contributed by atoms with Crippen LogP contribution >= 0.6 is 15.9 Å². The van der Waals surface area contributed by atoms with Crippen molar-refractivity contribution >= 4 is 39.3 Å². The highest BCUT2D eigenvalue weighted by molar-refractivity contribution is 9.10. The van der Waals surface area contributed by atoms with Gasteiger partial charge in [-0.25, -0.2) is 0 Å². The minimum atomic E-state index is -0.595. The van der Waals surface area contributed by atoms with Gasteiger partial charge in [0.1, 0.15) is 5.75 Å². The van der Waals surface area contributed by atoms with Crippen molar-refractivity contribution in [1.29, 1.82) is 0 Å². The summed E-state index contributed by atoms with van der Waals surface area (Å²) in [5.74, 6) is -0.515. The second-order valence-corrected chi connectivity index (χ2v) is 6.96. The van der Waals surface area contributed by atoms with Crippen LogP contribution in [0.2, 0.25) is 0 Å². The summed E-state index contributed by atoms with van der Waals surface area (Å²) in [6.45, 7) is 3.89. The predicted molar refractivity (Wildman–Crippen MR) is 110 cm³/mol. The van der Waals surface area contributed by atoms with Crippen LogP contribution in [-0.4, -0.2) is 30.9 Å². The summed E-state index contributed by atoms with van der Waals surface area (Å²) in [5, 5.41) is 2.68. The van der Waals surface area contributed by atoms with Crippen LogP contribution < -0.4 is 10.1 Å². The molecule has 0 aliphatic heterocycles. The fourth-order valence-electron chi connectivity index (χ4n) is 2.44.